The molecule has 0 fully saturated rings. The number of pyridine rings is 1. The van der Waals surface area contributed by atoms with Crippen LogP contribution in [0.4, 0.5) is 0 Å². The molecule has 5 nitrogen and oxygen atoms in total. The van der Waals surface area contributed by atoms with Crippen molar-refractivity contribution in [3.05, 3.63) is 28.5 Å². The molecule has 1 rings (SSSR count). The maximum absolute atomic E-state index is 12.2. The molecule has 1 aromatic heterocycles. The van der Waals surface area contributed by atoms with Gasteiger partial charge in [-0.3, -0.25) is 9.59 Å². The maximum Gasteiger partial charge on any atom is 0.253 e. The molecule has 1 N–H and O–H groups in total. The van der Waals surface area contributed by atoms with Crippen molar-refractivity contribution in [1.82, 2.24) is 15.2 Å². The van der Waals surface area contributed by atoms with Crippen LogP contribution < -0.4 is 5.32 Å². The third-order valence-corrected chi connectivity index (χ3v) is 2.95. The number of rotatable bonds is 4. The van der Waals surface area contributed by atoms with E-state index in [1.54, 1.807) is 34.0 Å². The molecular formula is C13H18ClN3O2. The van der Waals surface area contributed by atoms with Crippen LogP contribution in [0.5, 0.6) is 0 Å². The molecule has 0 saturated heterocycles. The van der Waals surface area contributed by atoms with Crippen LogP contribution in [0.15, 0.2) is 12.1 Å². The Morgan fingerprint density at radius 3 is 2.63 bits per heavy atom. The van der Waals surface area contributed by atoms with E-state index >= 15 is 0 Å². The van der Waals surface area contributed by atoms with Gasteiger partial charge in [0.1, 0.15) is 5.15 Å². The number of halogens is 1. The van der Waals surface area contributed by atoms with Crippen molar-refractivity contribution in [2.75, 3.05) is 20.6 Å². The quantitative estimate of drug-likeness (QED) is 0.852. The number of hydrogen-bond donors (Lipinski definition) is 1. The molecule has 19 heavy (non-hydrogen) atoms. The Hall–Kier alpha value is -1.62. The number of amides is 2. The minimum Gasteiger partial charge on any atom is -0.359 e. The third kappa shape index (κ3) is 4.21. The number of aryl methyl sites for hydroxylation is 1. The average Bonchev–Trinajstić information content (AvgIpc) is 2.35. The summed E-state index contributed by atoms with van der Waals surface area (Å²) in [5.74, 6) is -0.538. The largest absolute Gasteiger partial charge is 0.359 e. The molecule has 0 bridgehead atoms. The fraction of sp³-hybridized carbons (Fsp3) is 0.462. The monoisotopic (exact) mass is 283 g/mol. The number of carbonyl (C=O) groups is 2. The maximum atomic E-state index is 12.2. The van der Waals surface area contributed by atoms with Gasteiger partial charge in [-0.1, -0.05) is 18.5 Å². The Balaban J connectivity index is 2.79. The van der Waals surface area contributed by atoms with E-state index in [1.807, 2.05) is 0 Å². The van der Waals surface area contributed by atoms with E-state index in [0.717, 1.165) is 0 Å². The number of hydrogen-bond acceptors (Lipinski definition) is 3. The van der Waals surface area contributed by atoms with Crippen LogP contribution in [0.2, 0.25) is 5.15 Å². The lowest BCUT2D eigenvalue weighted by molar-refractivity contribution is -0.124. The van der Waals surface area contributed by atoms with E-state index in [4.69, 9.17) is 11.6 Å². The lowest BCUT2D eigenvalue weighted by atomic mass is 10.1. The Kier molecular flexibility index (Phi) is 5.30. The highest BCUT2D eigenvalue weighted by atomic mass is 35.5. The van der Waals surface area contributed by atoms with Crippen molar-refractivity contribution in [3.8, 4) is 0 Å². The second kappa shape index (κ2) is 6.52. The smallest absolute Gasteiger partial charge is 0.253 e. The second-order valence-corrected chi connectivity index (χ2v) is 4.91. The molecule has 0 aliphatic heterocycles. The lowest BCUT2D eigenvalue weighted by Crippen LogP contribution is -2.37. The van der Waals surface area contributed by atoms with Crippen molar-refractivity contribution < 1.29 is 9.59 Å². The van der Waals surface area contributed by atoms with Gasteiger partial charge >= 0.3 is 0 Å². The molecule has 0 aromatic carbocycles. The number of nitrogens with one attached hydrogen (secondary N) is 1. The predicted octanol–water partition coefficient (Wildman–Crippen LogP) is 1.50. The van der Waals surface area contributed by atoms with Crippen molar-refractivity contribution in [2.45, 2.75) is 13.8 Å². The zero-order chi connectivity index (χ0) is 14.6. The van der Waals surface area contributed by atoms with Crippen LogP contribution in [-0.2, 0) is 4.79 Å². The zero-order valence-electron chi connectivity index (χ0n) is 11.5. The Bertz CT molecular complexity index is 471. The fourth-order valence-electron chi connectivity index (χ4n) is 1.79. The molecule has 0 aliphatic rings. The van der Waals surface area contributed by atoms with Gasteiger partial charge in [-0.2, -0.15) is 0 Å². The predicted molar refractivity (Wildman–Crippen MR) is 74.2 cm³/mol. The van der Waals surface area contributed by atoms with Gasteiger partial charge in [0.15, 0.2) is 0 Å². The molecule has 0 spiro atoms. The van der Waals surface area contributed by atoms with Gasteiger partial charge in [0, 0.05) is 31.9 Å². The molecule has 104 valence electrons. The normalized spacial score (nSPS) is 11.8. The Labute approximate surface area is 118 Å². The first-order valence-electron chi connectivity index (χ1n) is 5.96. The van der Waals surface area contributed by atoms with Gasteiger partial charge < -0.3 is 10.2 Å². The molecule has 0 saturated carbocycles. The van der Waals surface area contributed by atoms with Crippen LogP contribution in [0, 0.1) is 12.8 Å². The molecule has 0 aliphatic carbocycles. The number of carbonyl (C=O) groups excluding carboxylic acids is 2. The summed E-state index contributed by atoms with van der Waals surface area (Å²) in [5.41, 5.74) is 1.16. The zero-order valence-corrected chi connectivity index (χ0v) is 12.3. The van der Waals surface area contributed by atoms with E-state index in [0.29, 0.717) is 17.8 Å². The summed E-state index contributed by atoms with van der Waals surface area (Å²) in [5, 5.41) is 2.85. The first-order chi connectivity index (χ1) is 8.85. The SMILES string of the molecule is CNC(=O)C(C)CN(C)C(=O)c1cc(C)nc(Cl)c1. The standard InChI is InChI=1S/C13H18ClN3O2/c1-8(12(18)15-3)7-17(4)13(19)10-5-9(2)16-11(14)6-10/h5-6,8H,7H2,1-4H3,(H,15,18). The average molecular weight is 284 g/mol. The van der Waals surface area contributed by atoms with Crippen LogP contribution in [0.1, 0.15) is 23.0 Å². The summed E-state index contributed by atoms with van der Waals surface area (Å²) < 4.78 is 0. The summed E-state index contributed by atoms with van der Waals surface area (Å²) in [7, 11) is 3.23. The highest BCUT2D eigenvalue weighted by molar-refractivity contribution is 6.29. The molecule has 1 unspecified atom stereocenters. The molecule has 0 radical (unpaired) electrons. The van der Waals surface area contributed by atoms with Gasteiger partial charge in [0.25, 0.3) is 5.91 Å². The molecule has 1 aromatic rings. The van der Waals surface area contributed by atoms with Crippen LogP contribution in [0.3, 0.4) is 0 Å². The fourth-order valence-corrected chi connectivity index (χ4v) is 2.05. The first kappa shape index (κ1) is 15.4. The van der Waals surface area contributed by atoms with Crippen LogP contribution in [-0.4, -0.2) is 42.3 Å². The van der Waals surface area contributed by atoms with Gasteiger partial charge in [-0.15, -0.1) is 0 Å². The molecule has 1 atom stereocenters. The van der Waals surface area contributed by atoms with E-state index < -0.39 is 0 Å². The Morgan fingerprint density at radius 1 is 1.47 bits per heavy atom. The summed E-state index contributed by atoms with van der Waals surface area (Å²) in [6.07, 6.45) is 0. The molecule has 6 heteroatoms. The summed E-state index contributed by atoms with van der Waals surface area (Å²) >= 11 is 5.83. The van der Waals surface area contributed by atoms with E-state index in [1.165, 1.54) is 11.0 Å². The van der Waals surface area contributed by atoms with Gasteiger partial charge in [-0.05, 0) is 19.1 Å². The molecular weight excluding hydrogens is 266 g/mol. The molecule has 1 heterocycles. The van der Waals surface area contributed by atoms with Crippen LogP contribution in [0.25, 0.3) is 0 Å². The van der Waals surface area contributed by atoms with E-state index in [9.17, 15) is 9.59 Å². The van der Waals surface area contributed by atoms with Crippen molar-refractivity contribution in [1.29, 1.82) is 0 Å². The summed E-state index contributed by atoms with van der Waals surface area (Å²) in [6, 6.07) is 3.20. The highest BCUT2D eigenvalue weighted by Gasteiger charge is 2.19. The van der Waals surface area contributed by atoms with Gasteiger partial charge in [-0.25, -0.2) is 4.98 Å². The molecule has 2 amide bonds. The lowest BCUT2D eigenvalue weighted by Gasteiger charge is -2.21. The van der Waals surface area contributed by atoms with Gasteiger partial charge in [0.2, 0.25) is 5.91 Å². The number of nitrogens with zero attached hydrogens (tertiary/aromatic N) is 2. The van der Waals surface area contributed by atoms with Crippen molar-refractivity contribution >= 4 is 23.4 Å². The third-order valence-electron chi connectivity index (χ3n) is 2.76. The van der Waals surface area contributed by atoms with Crippen LogP contribution >= 0.6 is 11.6 Å². The Morgan fingerprint density at radius 2 is 2.11 bits per heavy atom. The number of aromatic nitrogens is 1. The first-order valence-corrected chi connectivity index (χ1v) is 6.34. The van der Waals surface area contributed by atoms with E-state index in [-0.39, 0.29) is 22.9 Å². The van der Waals surface area contributed by atoms with E-state index in [2.05, 4.69) is 10.3 Å². The minimum atomic E-state index is -0.266. The summed E-state index contributed by atoms with van der Waals surface area (Å²) in [6.45, 7) is 3.89. The summed E-state index contributed by atoms with van der Waals surface area (Å²) in [4.78, 5) is 29.2. The van der Waals surface area contributed by atoms with Gasteiger partial charge in [0.05, 0.1) is 5.92 Å². The minimum absolute atomic E-state index is 0.0939. The van der Waals surface area contributed by atoms with Crippen molar-refractivity contribution in [2.24, 2.45) is 5.92 Å². The van der Waals surface area contributed by atoms with Crippen molar-refractivity contribution in [3.63, 3.8) is 0 Å². The topological polar surface area (TPSA) is 62.3 Å². The second-order valence-electron chi connectivity index (χ2n) is 4.52. The highest BCUT2D eigenvalue weighted by Crippen LogP contribution is 2.13.